The van der Waals surface area contributed by atoms with E-state index in [1.54, 1.807) is 17.8 Å². The van der Waals surface area contributed by atoms with Gasteiger partial charge in [-0.1, -0.05) is 6.07 Å². The number of anilines is 2. The maximum Gasteiger partial charge on any atom is 0.232 e. The second-order valence-electron chi connectivity index (χ2n) is 5.25. The van der Waals surface area contributed by atoms with Crippen molar-refractivity contribution >= 4 is 35.0 Å². The number of amides is 2. The number of halogens is 1. The third-order valence-corrected chi connectivity index (χ3v) is 4.47. The molecule has 0 fully saturated rings. The molecule has 3 rings (SSSR count). The van der Waals surface area contributed by atoms with Gasteiger partial charge in [-0.15, -0.1) is 11.8 Å². The van der Waals surface area contributed by atoms with Gasteiger partial charge in [0.2, 0.25) is 11.8 Å². The fourth-order valence-corrected chi connectivity index (χ4v) is 2.98. The molecule has 0 bridgehead atoms. The molecule has 118 valence electrons. The van der Waals surface area contributed by atoms with Crippen molar-refractivity contribution in [1.82, 2.24) is 0 Å². The van der Waals surface area contributed by atoms with Gasteiger partial charge < -0.3 is 10.6 Å². The van der Waals surface area contributed by atoms with Crippen LogP contribution in [0.3, 0.4) is 0 Å². The van der Waals surface area contributed by atoms with Crippen molar-refractivity contribution < 1.29 is 14.0 Å². The van der Waals surface area contributed by atoms with Crippen molar-refractivity contribution in [2.24, 2.45) is 0 Å². The summed E-state index contributed by atoms with van der Waals surface area (Å²) in [6, 6.07) is 11.5. The molecule has 1 heterocycles. The average molecular weight is 330 g/mol. The molecule has 0 saturated heterocycles. The van der Waals surface area contributed by atoms with Crippen LogP contribution in [0.2, 0.25) is 0 Å². The molecule has 23 heavy (non-hydrogen) atoms. The highest BCUT2D eigenvalue weighted by atomic mass is 32.2. The zero-order chi connectivity index (χ0) is 16.4. The van der Waals surface area contributed by atoms with Gasteiger partial charge in [0.25, 0.3) is 0 Å². The molecule has 2 aromatic carbocycles. The fourth-order valence-electron chi connectivity index (χ4n) is 2.57. The van der Waals surface area contributed by atoms with E-state index in [0.29, 0.717) is 16.9 Å². The highest BCUT2D eigenvalue weighted by Gasteiger charge is 2.30. The highest BCUT2D eigenvalue weighted by Crippen LogP contribution is 2.33. The Bertz CT molecular complexity index is 762. The second kappa shape index (κ2) is 6.42. The molecule has 1 aliphatic heterocycles. The molecule has 0 aliphatic carbocycles. The van der Waals surface area contributed by atoms with E-state index in [9.17, 15) is 14.0 Å². The standard InChI is InChI=1S/C17H15FN2O2S/c1-23-12-5-3-11(4-6-12)19-17(22)14-9-16(21)20-15-8-10(18)2-7-13(14)15/h2-8,14H,9H2,1H3,(H,19,22)(H,20,21)/t14-/m0/s1. The number of hydrogen-bond donors (Lipinski definition) is 2. The van der Waals surface area contributed by atoms with Crippen LogP contribution in [0.5, 0.6) is 0 Å². The van der Waals surface area contributed by atoms with E-state index in [0.717, 1.165) is 4.90 Å². The fraction of sp³-hybridized carbons (Fsp3) is 0.176. The van der Waals surface area contributed by atoms with Gasteiger partial charge in [0.05, 0.1) is 5.92 Å². The lowest BCUT2D eigenvalue weighted by Gasteiger charge is -2.24. The molecule has 2 aromatic rings. The molecule has 2 amide bonds. The monoisotopic (exact) mass is 330 g/mol. The Morgan fingerprint density at radius 2 is 2.00 bits per heavy atom. The molecule has 1 atom stereocenters. The lowest BCUT2D eigenvalue weighted by Crippen LogP contribution is -2.30. The first-order valence-electron chi connectivity index (χ1n) is 7.11. The van der Waals surface area contributed by atoms with Crippen molar-refractivity contribution in [2.75, 3.05) is 16.9 Å². The van der Waals surface area contributed by atoms with Crippen molar-refractivity contribution in [3.63, 3.8) is 0 Å². The van der Waals surface area contributed by atoms with Gasteiger partial charge in [-0.25, -0.2) is 4.39 Å². The Labute approximate surface area is 137 Å². The molecule has 1 aliphatic rings. The number of nitrogens with one attached hydrogen (secondary N) is 2. The molecule has 0 saturated carbocycles. The van der Waals surface area contributed by atoms with Crippen LogP contribution in [0.1, 0.15) is 17.9 Å². The van der Waals surface area contributed by atoms with E-state index >= 15 is 0 Å². The van der Waals surface area contributed by atoms with Crippen LogP contribution in [0.15, 0.2) is 47.4 Å². The summed E-state index contributed by atoms with van der Waals surface area (Å²) in [5, 5.41) is 5.42. The summed E-state index contributed by atoms with van der Waals surface area (Å²) in [6.07, 6.45) is 2.03. The van der Waals surface area contributed by atoms with Crippen molar-refractivity contribution in [3.05, 3.63) is 53.8 Å². The lowest BCUT2D eigenvalue weighted by molar-refractivity contribution is -0.123. The summed E-state index contributed by atoms with van der Waals surface area (Å²) in [5.74, 6) is -1.64. The van der Waals surface area contributed by atoms with E-state index < -0.39 is 11.7 Å². The third-order valence-electron chi connectivity index (χ3n) is 3.73. The lowest BCUT2D eigenvalue weighted by atomic mass is 9.89. The van der Waals surface area contributed by atoms with Crippen LogP contribution < -0.4 is 10.6 Å². The Balaban J connectivity index is 1.83. The number of fused-ring (bicyclic) bond motifs is 1. The van der Waals surface area contributed by atoms with Gasteiger partial charge in [-0.3, -0.25) is 9.59 Å². The first-order chi connectivity index (χ1) is 11.1. The van der Waals surface area contributed by atoms with Gasteiger partial charge >= 0.3 is 0 Å². The molecule has 4 nitrogen and oxygen atoms in total. The van der Waals surface area contributed by atoms with Gasteiger partial charge in [0.1, 0.15) is 5.82 Å². The van der Waals surface area contributed by atoms with Crippen molar-refractivity contribution in [3.8, 4) is 0 Å². The Kier molecular flexibility index (Phi) is 4.34. The SMILES string of the molecule is CSc1ccc(NC(=O)[C@H]2CC(=O)Nc3cc(F)ccc32)cc1. The van der Waals surface area contributed by atoms with Crippen LogP contribution in [0.4, 0.5) is 15.8 Å². The van der Waals surface area contributed by atoms with E-state index in [1.807, 2.05) is 30.5 Å². The van der Waals surface area contributed by atoms with Crippen molar-refractivity contribution in [1.29, 1.82) is 0 Å². The quantitative estimate of drug-likeness (QED) is 0.845. The molecular formula is C17H15FN2O2S. The van der Waals surface area contributed by atoms with Gasteiger partial charge in [-0.05, 0) is 48.2 Å². The van der Waals surface area contributed by atoms with E-state index in [-0.39, 0.29) is 18.2 Å². The summed E-state index contributed by atoms with van der Waals surface area (Å²) in [7, 11) is 0. The van der Waals surface area contributed by atoms with Gasteiger partial charge in [0, 0.05) is 22.7 Å². The van der Waals surface area contributed by atoms with Crippen LogP contribution in [0.25, 0.3) is 0 Å². The third kappa shape index (κ3) is 3.37. The van der Waals surface area contributed by atoms with E-state index in [1.165, 1.54) is 12.1 Å². The number of rotatable bonds is 3. The predicted molar refractivity (Wildman–Crippen MR) is 89.2 cm³/mol. The normalized spacial score (nSPS) is 16.4. The summed E-state index contributed by atoms with van der Waals surface area (Å²) in [4.78, 5) is 25.4. The first kappa shape index (κ1) is 15.6. The molecule has 0 radical (unpaired) electrons. The molecular weight excluding hydrogens is 315 g/mol. The predicted octanol–water partition coefficient (Wildman–Crippen LogP) is 3.61. The number of thioether (sulfide) groups is 1. The van der Waals surface area contributed by atoms with Gasteiger partial charge in [0.15, 0.2) is 0 Å². The molecule has 6 heteroatoms. The first-order valence-corrected chi connectivity index (χ1v) is 8.33. The Hall–Kier alpha value is -2.34. The van der Waals surface area contributed by atoms with Crippen LogP contribution in [-0.4, -0.2) is 18.1 Å². The minimum atomic E-state index is -0.625. The maximum atomic E-state index is 13.3. The molecule has 2 N–H and O–H groups in total. The molecule has 0 aromatic heterocycles. The largest absolute Gasteiger partial charge is 0.326 e. The average Bonchev–Trinajstić information content (AvgIpc) is 2.54. The van der Waals surface area contributed by atoms with Crippen molar-refractivity contribution in [2.45, 2.75) is 17.2 Å². The summed E-state index contributed by atoms with van der Waals surface area (Å²) < 4.78 is 13.3. The summed E-state index contributed by atoms with van der Waals surface area (Å²) >= 11 is 1.62. The Morgan fingerprint density at radius 3 is 2.70 bits per heavy atom. The van der Waals surface area contributed by atoms with Crippen LogP contribution in [0, 0.1) is 5.82 Å². The number of carbonyl (C=O) groups excluding carboxylic acids is 2. The maximum absolute atomic E-state index is 13.3. The summed E-state index contributed by atoms with van der Waals surface area (Å²) in [5.41, 5.74) is 1.66. The van der Waals surface area contributed by atoms with Crippen LogP contribution in [-0.2, 0) is 9.59 Å². The second-order valence-corrected chi connectivity index (χ2v) is 6.13. The number of carbonyl (C=O) groups is 2. The summed E-state index contributed by atoms with van der Waals surface area (Å²) in [6.45, 7) is 0. The zero-order valence-electron chi connectivity index (χ0n) is 12.4. The Morgan fingerprint density at radius 1 is 1.26 bits per heavy atom. The molecule has 0 unspecified atom stereocenters. The minimum Gasteiger partial charge on any atom is -0.326 e. The highest BCUT2D eigenvalue weighted by molar-refractivity contribution is 7.98. The van der Waals surface area contributed by atoms with E-state index in [2.05, 4.69) is 10.6 Å². The number of hydrogen-bond acceptors (Lipinski definition) is 3. The minimum absolute atomic E-state index is 0.0490. The number of benzene rings is 2. The molecule has 0 spiro atoms. The van der Waals surface area contributed by atoms with Gasteiger partial charge in [-0.2, -0.15) is 0 Å². The smallest absolute Gasteiger partial charge is 0.232 e. The van der Waals surface area contributed by atoms with E-state index in [4.69, 9.17) is 0 Å². The topological polar surface area (TPSA) is 58.2 Å². The van der Waals surface area contributed by atoms with Crippen LogP contribution >= 0.6 is 11.8 Å². The zero-order valence-corrected chi connectivity index (χ0v) is 13.2.